The molecule has 0 aromatic carbocycles. The molecule has 0 radical (unpaired) electrons. The summed E-state index contributed by atoms with van der Waals surface area (Å²) in [7, 11) is -0.662. The second kappa shape index (κ2) is 7.09. The zero-order chi connectivity index (χ0) is 11.1. The van der Waals surface area contributed by atoms with E-state index in [1.165, 1.54) is 5.01 Å². The Hall–Kier alpha value is -0.260. The molecule has 0 fully saturated rings. The number of aromatic nitrogens is 1. The van der Waals surface area contributed by atoms with Crippen LogP contribution in [0.25, 0.3) is 0 Å². The van der Waals surface area contributed by atoms with E-state index in [0.29, 0.717) is 0 Å². The van der Waals surface area contributed by atoms with Gasteiger partial charge in [0.05, 0.1) is 10.7 Å². The number of hydrogen-bond acceptors (Lipinski definition) is 4. The predicted octanol–water partition coefficient (Wildman–Crippen LogP) is 1.56. The Morgan fingerprint density at radius 2 is 2.33 bits per heavy atom. The van der Waals surface area contributed by atoms with Gasteiger partial charge in [-0.2, -0.15) is 0 Å². The van der Waals surface area contributed by atoms with Crippen LogP contribution in [0.5, 0.6) is 0 Å². The molecule has 0 bridgehead atoms. The third kappa shape index (κ3) is 4.86. The van der Waals surface area contributed by atoms with Crippen molar-refractivity contribution in [2.24, 2.45) is 0 Å². The highest BCUT2D eigenvalue weighted by Gasteiger charge is 2.00. The van der Waals surface area contributed by atoms with Gasteiger partial charge in [-0.25, -0.2) is 4.98 Å². The maximum Gasteiger partial charge on any atom is 0.0926 e. The minimum absolute atomic E-state index is 0.662. The third-order valence-electron chi connectivity index (χ3n) is 2.04. The van der Waals surface area contributed by atoms with E-state index in [1.807, 2.05) is 6.92 Å². The van der Waals surface area contributed by atoms with Gasteiger partial charge in [0.2, 0.25) is 0 Å². The Balaban J connectivity index is 2.17. The summed E-state index contributed by atoms with van der Waals surface area (Å²) in [5.74, 6) is 1.49. The average Bonchev–Trinajstić information content (AvgIpc) is 2.72. The lowest BCUT2D eigenvalue weighted by Gasteiger charge is -2.01. The number of aryl methyl sites for hydroxylation is 1. The van der Waals surface area contributed by atoms with E-state index in [4.69, 9.17) is 0 Å². The van der Waals surface area contributed by atoms with Crippen molar-refractivity contribution >= 4 is 22.1 Å². The van der Waals surface area contributed by atoms with Crippen molar-refractivity contribution in [3.63, 3.8) is 0 Å². The van der Waals surface area contributed by atoms with E-state index in [0.717, 1.165) is 36.7 Å². The molecule has 0 aliphatic carbocycles. The minimum Gasteiger partial charge on any atom is -0.310 e. The summed E-state index contributed by atoms with van der Waals surface area (Å²) in [6, 6.07) is 0. The van der Waals surface area contributed by atoms with Gasteiger partial charge in [-0.05, 0) is 6.42 Å². The highest BCUT2D eigenvalue weighted by molar-refractivity contribution is 7.84. The van der Waals surface area contributed by atoms with Crippen LogP contribution >= 0.6 is 11.3 Å². The van der Waals surface area contributed by atoms with E-state index >= 15 is 0 Å². The second-order valence-electron chi connectivity index (χ2n) is 3.20. The number of rotatable bonds is 7. The highest BCUT2D eigenvalue weighted by Crippen LogP contribution is 2.09. The van der Waals surface area contributed by atoms with E-state index in [-0.39, 0.29) is 0 Å². The van der Waals surface area contributed by atoms with Crippen LogP contribution in [-0.4, -0.2) is 27.2 Å². The summed E-state index contributed by atoms with van der Waals surface area (Å²) >= 11 is 1.71. The first-order valence-corrected chi connectivity index (χ1v) is 7.62. The molecule has 1 atom stereocenters. The summed E-state index contributed by atoms with van der Waals surface area (Å²) in [5, 5.41) is 6.53. The largest absolute Gasteiger partial charge is 0.310 e. The van der Waals surface area contributed by atoms with Crippen molar-refractivity contribution in [3.05, 3.63) is 16.1 Å². The minimum atomic E-state index is -0.662. The van der Waals surface area contributed by atoms with E-state index in [1.54, 1.807) is 11.3 Å². The van der Waals surface area contributed by atoms with E-state index < -0.39 is 10.8 Å². The molecule has 1 aromatic rings. The zero-order valence-corrected chi connectivity index (χ0v) is 10.9. The molecule has 1 rings (SSSR count). The summed E-state index contributed by atoms with van der Waals surface area (Å²) in [6.07, 6.45) is 1.00. The first-order chi connectivity index (χ1) is 7.26. The molecule has 1 heterocycles. The maximum absolute atomic E-state index is 11.1. The van der Waals surface area contributed by atoms with Crippen LogP contribution in [0.1, 0.15) is 24.5 Å². The van der Waals surface area contributed by atoms with Crippen molar-refractivity contribution in [2.45, 2.75) is 26.8 Å². The lowest BCUT2D eigenvalue weighted by molar-refractivity contribution is 0.671. The molecule has 3 nitrogen and oxygen atoms in total. The summed E-state index contributed by atoms with van der Waals surface area (Å²) in [5.41, 5.74) is 1.10. The number of thiazole rings is 1. The van der Waals surface area contributed by atoms with Crippen LogP contribution in [0, 0.1) is 0 Å². The molecule has 0 spiro atoms. The van der Waals surface area contributed by atoms with Gasteiger partial charge < -0.3 is 5.32 Å². The fraction of sp³-hybridized carbons (Fsp3) is 0.700. The molecule has 0 saturated carbocycles. The Morgan fingerprint density at radius 3 is 2.93 bits per heavy atom. The molecular formula is C10H18N2OS2. The molecule has 15 heavy (non-hydrogen) atoms. The molecular weight excluding hydrogens is 228 g/mol. The van der Waals surface area contributed by atoms with Crippen molar-refractivity contribution in [2.75, 3.05) is 18.1 Å². The molecule has 5 heteroatoms. The van der Waals surface area contributed by atoms with Gasteiger partial charge in [0, 0.05) is 40.8 Å². The summed E-state index contributed by atoms with van der Waals surface area (Å²) < 4.78 is 11.1. The Labute approximate surface area is 97.8 Å². The molecule has 0 aliphatic rings. The Bertz CT molecular complexity index is 312. The van der Waals surface area contributed by atoms with Gasteiger partial charge >= 0.3 is 0 Å². The molecule has 1 N–H and O–H groups in total. The normalized spacial score (nSPS) is 12.9. The van der Waals surface area contributed by atoms with Gasteiger partial charge in [0.1, 0.15) is 0 Å². The molecule has 0 aliphatic heterocycles. The molecule has 0 saturated heterocycles. The maximum atomic E-state index is 11.1. The van der Waals surface area contributed by atoms with Crippen LogP contribution in [0.3, 0.4) is 0 Å². The van der Waals surface area contributed by atoms with Gasteiger partial charge in [0.25, 0.3) is 0 Å². The van der Waals surface area contributed by atoms with Crippen LogP contribution in [0.15, 0.2) is 5.38 Å². The fourth-order valence-electron chi connectivity index (χ4n) is 1.14. The van der Waals surface area contributed by atoms with Crippen molar-refractivity contribution in [3.8, 4) is 0 Å². The molecule has 86 valence electrons. The highest BCUT2D eigenvalue weighted by atomic mass is 32.2. The number of hydrogen-bond donors (Lipinski definition) is 1. The first-order valence-electron chi connectivity index (χ1n) is 5.25. The number of nitrogens with zero attached hydrogens (tertiary/aromatic N) is 1. The Morgan fingerprint density at radius 1 is 1.53 bits per heavy atom. The van der Waals surface area contributed by atoms with E-state index in [2.05, 4.69) is 22.6 Å². The fourth-order valence-corrected chi connectivity index (χ4v) is 2.54. The standard InChI is InChI=1S/C10H18N2OS2/c1-3-10-12-9(8-14-10)7-11-5-6-15(13)4-2/h8,11H,3-7H2,1-2H3. The monoisotopic (exact) mass is 246 g/mol. The van der Waals surface area contributed by atoms with Crippen molar-refractivity contribution < 1.29 is 4.21 Å². The quantitative estimate of drug-likeness (QED) is 0.743. The summed E-state index contributed by atoms with van der Waals surface area (Å²) in [4.78, 5) is 4.45. The second-order valence-corrected chi connectivity index (χ2v) is 6.00. The SMILES string of the molecule is CCc1nc(CNCCS(=O)CC)cs1. The Kier molecular flexibility index (Phi) is 6.05. The van der Waals surface area contributed by atoms with Gasteiger partial charge in [-0.15, -0.1) is 11.3 Å². The lowest BCUT2D eigenvalue weighted by Crippen LogP contribution is -2.20. The number of nitrogens with one attached hydrogen (secondary N) is 1. The van der Waals surface area contributed by atoms with Gasteiger partial charge in [-0.1, -0.05) is 13.8 Å². The molecule has 1 unspecified atom stereocenters. The van der Waals surface area contributed by atoms with Crippen molar-refractivity contribution in [1.29, 1.82) is 0 Å². The van der Waals surface area contributed by atoms with Crippen LogP contribution in [0.2, 0.25) is 0 Å². The summed E-state index contributed by atoms with van der Waals surface area (Å²) in [6.45, 7) is 5.65. The topological polar surface area (TPSA) is 42.0 Å². The third-order valence-corrected chi connectivity index (χ3v) is 4.38. The smallest absolute Gasteiger partial charge is 0.0926 e. The van der Waals surface area contributed by atoms with Gasteiger partial charge in [-0.3, -0.25) is 4.21 Å². The van der Waals surface area contributed by atoms with Crippen molar-refractivity contribution in [1.82, 2.24) is 10.3 Å². The van der Waals surface area contributed by atoms with E-state index in [9.17, 15) is 4.21 Å². The van der Waals surface area contributed by atoms with Crippen LogP contribution in [-0.2, 0) is 23.8 Å². The lowest BCUT2D eigenvalue weighted by atomic mass is 10.4. The average molecular weight is 246 g/mol. The zero-order valence-electron chi connectivity index (χ0n) is 9.28. The molecule has 0 amide bonds. The van der Waals surface area contributed by atoms with Gasteiger partial charge in [0.15, 0.2) is 0 Å². The first kappa shape index (κ1) is 12.8. The van der Waals surface area contributed by atoms with Crippen LogP contribution in [0.4, 0.5) is 0 Å². The van der Waals surface area contributed by atoms with Crippen LogP contribution < -0.4 is 5.32 Å². The predicted molar refractivity (Wildman–Crippen MR) is 66.7 cm³/mol. The molecule has 1 aromatic heterocycles.